The standard InChI is InChI=1S/C26H35FN2O4S/c1-19-14-22(21-10-7-11-23(15-21)33-13-12-29(2)3)16-24(26(19)27)25(30)17-28-34(31,32)18-20-8-5-4-6-9-20/h7,10-11,14-16,20,28H,4-6,8-9,12-13,17-18H2,1-3H3. The Hall–Kier alpha value is -2.29. The van der Waals surface area contributed by atoms with Gasteiger partial charge in [-0.1, -0.05) is 31.4 Å². The molecule has 8 heteroatoms. The lowest BCUT2D eigenvalue weighted by Gasteiger charge is -2.21. The minimum Gasteiger partial charge on any atom is -0.492 e. The Kier molecular flexibility index (Phi) is 9.22. The van der Waals surface area contributed by atoms with E-state index in [0.29, 0.717) is 23.5 Å². The summed E-state index contributed by atoms with van der Waals surface area (Å²) in [5, 5.41) is 0. The lowest BCUT2D eigenvalue weighted by atomic mass is 9.91. The van der Waals surface area contributed by atoms with Gasteiger partial charge in [-0.25, -0.2) is 17.5 Å². The molecule has 2 aromatic carbocycles. The molecular formula is C26H35FN2O4S. The summed E-state index contributed by atoms with van der Waals surface area (Å²) in [6, 6.07) is 10.6. The number of nitrogens with zero attached hydrogens (tertiary/aromatic N) is 1. The molecule has 34 heavy (non-hydrogen) atoms. The summed E-state index contributed by atoms with van der Waals surface area (Å²) in [7, 11) is 0.332. The van der Waals surface area contributed by atoms with Crippen molar-refractivity contribution >= 4 is 15.8 Å². The van der Waals surface area contributed by atoms with Crippen molar-refractivity contribution in [3.63, 3.8) is 0 Å². The van der Waals surface area contributed by atoms with Crippen LogP contribution in [0.5, 0.6) is 5.75 Å². The number of Topliss-reactive ketones (excluding diaryl/α,β-unsaturated/α-hetero) is 1. The predicted octanol–water partition coefficient (Wildman–Crippen LogP) is 4.42. The van der Waals surface area contributed by atoms with Gasteiger partial charge in [-0.3, -0.25) is 4.79 Å². The number of ether oxygens (including phenoxy) is 1. The Balaban J connectivity index is 1.72. The van der Waals surface area contributed by atoms with Crippen LogP contribution in [0.1, 0.15) is 48.0 Å². The molecule has 1 N–H and O–H groups in total. The van der Waals surface area contributed by atoms with Crippen LogP contribution >= 0.6 is 0 Å². The van der Waals surface area contributed by atoms with E-state index in [0.717, 1.165) is 44.2 Å². The molecule has 0 unspecified atom stereocenters. The molecule has 0 amide bonds. The molecule has 6 nitrogen and oxygen atoms in total. The molecule has 2 aromatic rings. The van der Waals surface area contributed by atoms with Gasteiger partial charge >= 0.3 is 0 Å². The molecule has 0 heterocycles. The number of halogens is 1. The Labute approximate surface area is 202 Å². The second-order valence-electron chi connectivity index (χ2n) is 9.36. The SMILES string of the molecule is Cc1cc(-c2cccc(OCCN(C)C)c2)cc(C(=O)CNS(=O)(=O)CC2CCCCC2)c1F. The molecule has 0 spiro atoms. The summed E-state index contributed by atoms with van der Waals surface area (Å²) in [6.07, 6.45) is 5.00. The molecule has 1 fully saturated rings. The Morgan fingerprint density at radius 3 is 2.56 bits per heavy atom. The smallest absolute Gasteiger partial charge is 0.212 e. The first-order valence-electron chi connectivity index (χ1n) is 11.8. The van der Waals surface area contributed by atoms with Crippen LogP contribution in [0.25, 0.3) is 11.1 Å². The third-order valence-corrected chi connectivity index (χ3v) is 7.66. The monoisotopic (exact) mass is 490 g/mol. The molecule has 0 bridgehead atoms. The average molecular weight is 491 g/mol. The van der Waals surface area contributed by atoms with Crippen LogP contribution in [-0.4, -0.2) is 58.6 Å². The fourth-order valence-corrected chi connectivity index (χ4v) is 5.67. The van der Waals surface area contributed by atoms with Crippen molar-refractivity contribution in [3.05, 3.63) is 53.3 Å². The maximum Gasteiger partial charge on any atom is 0.212 e. The van der Waals surface area contributed by atoms with E-state index in [1.807, 2.05) is 43.3 Å². The third-order valence-electron chi connectivity index (χ3n) is 6.16. The molecule has 0 radical (unpaired) electrons. The zero-order valence-corrected chi connectivity index (χ0v) is 21.1. The molecule has 1 aliphatic carbocycles. The van der Waals surface area contributed by atoms with Crippen molar-refractivity contribution in [1.82, 2.24) is 9.62 Å². The normalized spacial score (nSPS) is 15.0. The minimum atomic E-state index is -3.60. The summed E-state index contributed by atoms with van der Waals surface area (Å²) < 4.78 is 47.9. The van der Waals surface area contributed by atoms with Crippen LogP contribution in [0.3, 0.4) is 0 Å². The maximum absolute atomic E-state index is 14.8. The Morgan fingerprint density at radius 2 is 1.85 bits per heavy atom. The van der Waals surface area contributed by atoms with E-state index in [2.05, 4.69) is 4.72 Å². The van der Waals surface area contributed by atoms with E-state index in [-0.39, 0.29) is 17.2 Å². The average Bonchev–Trinajstić information content (AvgIpc) is 2.79. The molecule has 0 atom stereocenters. The highest BCUT2D eigenvalue weighted by molar-refractivity contribution is 7.89. The quantitative estimate of drug-likeness (QED) is 0.472. The maximum atomic E-state index is 14.8. The summed E-state index contributed by atoms with van der Waals surface area (Å²) in [4.78, 5) is 14.8. The Morgan fingerprint density at radius 1 is 1.12 bits per heavy atom. The number of hydrogen-bond donors (Lipinski definition) is 1. The lowest BCUT2D eigenvalue weighted by molar-refractivity contribution is 0.0993. The van der Waals surface area contributed by atoms with Gasteiger partial charge in [0.15, 0.2) is 5.78 Å². The molecule has 1 saturated carbocycles. The van der Waals surface area contributed by atoms with Gasteiger partial charge in [0.25, 0.3) is 0 Å². The van der Waals surface area contributed by atoms with Gasteiger partial charge in [0.1, 0.15) is 18.2 Å². The second-order valence-corrected chi connectivity index (χ2v) is 11.2. The van der Waals surface area contributed by atoms with Crippen LogP contribution in [-0.2, 0) is 10.0 Å². The predicted molar refractivity (Wildman–Crippen MR) is 133 cm³/mol. The number of likely N-dealkylation sites (N-methyl/N-ethyl adjacent to an activating group) is 1. The first-order chi connectivity index (χ1) is 16.1. The molecule has 0 saturated heterocycles. The van der Waals surface area contributed by atoms with Crippen LogP contribution in [0.15, 0.2) is 36.4 Å². The van der Waals surface area contributed by atoms with Crippen molar-refractivity contribution in [2.45, 2.75) is 39.0 Å². The zero-order chi connectivity index (χ0) is 24.7. The fraction of sp³-hybridized carbons (Fsp3) is 0.500. The summed E-state index contributed by atoms with van der Waals surface area (Å²) in [5.41, 5.74) is 1.67. The van der Waals surface area contributed by atoms with Gasteiger partial charge < -0.3 is 9.64 Å². The minimum absolute atomic E-state index is 0.0163. The molecule has 0 aromatic heterocycles. The van der Waals surface area contributed by atoms with Crippen LogP contribution in [0.4, 0.5) is 4.39 Å². The van der Waals surface area contributed by atoms with Crippen LogP contribution < -0.4 is 9.46 Å². The number of aryl methyl sites for hydroxylation is 1. The number of benzene rings is 2. The van der Waals surface area contributed by atoms with Gasteiger partial charge in [-0.2, -0.15) is 0 Å². The van der Waals surface area contributed by atoms with Gasteiger partial charge in [-0.05, 0) is 80.7 Å². The first-order valence-corrected chi connectivity index (χ1v) is 13.5. The van der Waals surface area contributed by atoms with Crippen LogP contribution in [0, 0.1) is 18.7 Å². The van der Waals surface area contributed by atoms with Crippen molar-refractivity contribution in [3.8, 4) is 16.9 Å². The van der Waals surface area contributed by atoms with Gasteiger partial charge in [0.2, 0.25) is 10.0 Å². The number of rotatable bonds is 11. The van der Waals surface area contributed by atoms with Crippen molar-refractivity contribution in [1.29, 1.82) is 0 Å². The highest BCUT2D eigenvalue weighted by Gasteiger charge is 2.23. The highest BCUT2D eigenvalue weighted by Crippen LogP contribution is 2.28. The van der Waals surface area contributed by atoms with E-state index in [1.54, 1.807) is 13.0 Å². The summed E-state index contributed by atoms with van der Waals surface area (Å²) >= 11 is 0. The summed E-state index contributed by atoms with van der Waals surface area (Å²) in [5.74, 6) is -0.394. The molecule has 186 valence electrons. The molecule has 0 aliphatic heterocycles. The van der Waals surface area contributed by atoms with E-state index >= 15 is 0 Å². The molecule has 3 rings (SSSR count). The summed E-state index contributed by atoms with van der Waals surface area (Å²) in [6.45, 7) is 2.45. The number of ketones is 1. The number of sulfonamides is 1. The number of carbonyl (C=O) groups is 1. The Bertz CT molecular complexity index is 1100. The number of carbonyl (C=O) groups excluding carboxylic acids is 1. The molecule has 1 aliphatic rings. The topological polar surface area (TPSA) is 75.7 Å². The first kappa shape index (κ1) is 26.3. The third kappa shape index (κ3) is 7.61. The van der Waals surface area contributed by atoms with Gasteiger partial charge in [0.05, 0.1) is 17.9 Å². The van der Waals surface area contributed by atoms with E-state index in [1.165, 1.54) is 6.07 Å². The van der Waals surface area contributed by atoms with E-state index in [4.69, 9.17) is 4.74 Å². The van der Waals surface area contributed by atoms with Gasteiger partial charge in [0, 0.05) is 6.54 Å². The van der Waals surface area contributed by atoms with E-state index < -0.39 is 28.2 Å². The fourth-order valence-electron chi connectivity index (χ4n) is 4.24. The van der Waals surface area contributed by atoms with Gasteiger partial charge in [-0.15, -0.1) is 0 Å². The van der Waals surface area contributed by atoms with Crippen molar-refractivity contribution < 1.29 is 22.3 Å². The number of nitrogens with one attached hydrogen (secondary N) is 1. The van der Waals surface area contributed by atoms with Crippen LogP contribution in [0.2, 0.25) is 0 Å². The van der Waals surface area contributed by atoms with E-state index in [9.17, 15) is 17.6 Å². The molecular weight excluding hydrogens is 455 g/mol. The second kappa shape index (κ2) is 11.9. The number of hydrogen-bond acceptors (Lipinski definition) is 5. The lowest BCUT2D eigenvalue weighted by Crippen LogP contribution is -2.34. The zero-order valence-electron chi connectivity index (χ0n) is 20.3. The van der Waals surface area contributed by atoms with Crippen molar-refractivity contribution in [2.75, 3.05) is 39.5 Å². The largest absolute Gasteiger partial charge is 0.492 e. The highest BCUT2D eigenvalue weighted by atomic mass is 32.2. The van der Waals surface area contributed by atoms with Crippen molar-refractivity contribution in [2.24, 2.45) is 5.92 Å².